The Bertz CT molecular complexity index is 965. The van der Waals surface area contributed by atoms with Crippen molar-refractivity contribution in [2.24, 2.45) is 0 Å². The van der Waals surface area contributed by atoms with E-state index >= 15 is 0 Å². The van der Waals surface area contributed by atoms with Crippen LogP contribution in [0.15, 0.2) is 0 Å². The molecule has 17 nitrogen and oxygen atoms in total. The van der Waals surface area contributed by atoms with Crippen LogP contribution in [0.4, 0.5) is 0 Å². The van der Waals surface area contributed by atoms with Crippen LogP contribution in [0.5, 0.6) is 0 Å². The number of nitrogens with one attached hydrogen (secondary N) is 1. The Labute approximate surface area is 303 Å². The molecule has 0 unspecified atom stereocenters. The fourth-order valence-corrected chi connectivity index (χ4v) is 5.98. The second-order valence-electron chi connectivity index (χ2n) is 9.97. The van der Waals surface area contributed by atoms with Gasteiger partial charge in [0.15, 0.2) is 10.2 Å². The number of carbonyl (C=O) groups is 5. The van der Waals surface area contributed by atoms with Gasteiger partial charge in [0, 0.05) is 39.6 Å². The minimum Gasteiger partial charge on any atom is -0.463 e. The molecule has 0 fully saturated rings. The summed E-state index contributed by atoms with van der Waals surface area (Å²) in [4.78, 5) is 61.0. The fourth-order valence-electron chi connectivity index (χ4n) is 3.36. The van der Waals surface area contributed by atoms with Crippen LogP contribution in [0.25, 0.3) is 0 Å². The van der Waals surface area contributed by atoms with E-state index in [2.05, 4.69) is 5.32 Å². The van der Waals surface area contributed by atoms with Gasteiger partial charge in [-0.15, -0.1) is 0 Å². The lowest BCUT2D eigenvalue weighted by Gasteiger charge is -2.21. The van der Waals surface area contributed by atoms with Crippen LogP contribution in [0.1, 0.15) is 33.1 Å². The lowest BCUT2D eigenvalue weighted by Crippen LogP contribution is -2.45. The molecule has 0 rings (SSSR count). The molecule has 50 heavy (non-hydrogen) atoms. The minimum absolute atomic E-state index is 0.0255. The Morgan fingerprint density at radius 2 is 1.02 bits per heavy atom. The zero-order chi connectivity index (χ0) is 37.3. The molecule has 0 aromatic heterocycles. The average molecular weight is 780 g/mol. The summed E-state index contributed by atoms with van der Waals surface area (Å²) < 4.78 is 65.9. The van der Waals surface area contributed by atoms with Gasteiger partial charge in [0.05, 0.1) is 85.7 Å². The normalized spacial score (nSPS) is 12.0. The SMILES string of the molecule is COCCOCCOCCOC(=O)C[C@H](NC(=O)CP(=O)(OCCCSC(C)=O)OCCCSC(C)=O)C(=O)OCCOCCOCCOC. The number of hydrogen-bond donors (Lipinski definition) is 1. The van der Waals surface area contributed by atoms with Crippen molar-refractivity contribution in [3.05, 3.63) is 0 Å². The van der Waals surface area contributed by atoms with Crippen molar-refractivity contribution < 1.29 is 75.5 Å². The first kappa shape index (κ1) is 48.4. The third-order valence-electron chi connectivity index (χ3n) is 5.66. The van der Waals surface area contributed by atoms with Crippen molar-refractivity contribution in [3.8, 4) is 0 Å². The van der Waals surface area contributed by atoms with Crippen LogP contribution in [-0.2, 0) is 75.5 Å². The third kappa shape index (κ3) is 31.1. The Morgan fingerprint density at radius 3 is 1.46 bits per heavy atom. The molecule has 0 bridgehead atoms. The molecule has 0 heterocycles. The lowest BCUT2D eigenvalue weighted by molar-refractivity contribution is -0.155. The number of rotatable bonds is 34. The minimum atomic E-state index is -4.05. The Balaban J connectivity index is 5.20. The molecule has 1 amide bonds. The highest BCUT2D eigenvalue weighted by Crippen LogP contribution is 2.48. The average Bonchev–Trinajstić information content (AvgIpc) is 3.05. The molecule has 20 heteroatoms. The van der Waals surface area contributed by atoms with Gasteiger partial charge in [0.2, 0.25) is 5.91 Å². The lowest BCUT2D eigenvalue weighted by atomic mass is 10.2. The molecule has 0 aromatic carbocycles. The predicted octanol–water partition coefficient (Wildman–Crippen LogP) is 1.87. The summed E-state index contributed by atoms with van der Waals surface area (Å²) in [5.41, 5.74) is 0. The Hall–Kier alpha value is -1.64. The number of hydrogen-bond acceptors (Lipinski definition) is 18. The van der Waals surface area contributed by atoms with Crippen LogP contribution >= 0.6 is 31.1 Å². The molecular formula is C30H54NO16PS2. The molecular weight excluding hydrogens is 725 g/mol. The molecule has 0 saturated carbocycles. The largest absolute Gasteiger partial charge is 0.463 e. The predicted molar refractivity (Wildman–Crippen MR) is 185 cm³/mol. The molecule has 0 aliphatic heterocycles. The second-order valence-corrected chi connectivity index (χ2v) is 14.6. The molecule has 0 spiro atoms. The highest BCUT2D eigenvalue weighted by Gasteiger charge is 2.32. The van der Waals surface area contributed by atoms with Gasteiger partial charge in [-0.05, 0) is 12.8 Å². The molecule has 0 saturated heterocycles. The summed E-state index contributed by atoms with van der Waals surface area (Å²) in [5.74, 6) is -1.85. The second kappa shape index (κ2) is 33.2. The van der Waals surface area contributed by atoms with Gasteiger partial charge >= 0.3 is 19.5 Å². The van der Waals surface area contributed by atoms with Crippen LogP contribution in [0.3, 0.4) is 0 Å². The molecule has 0 aliphatic rings. The van der Waals surface area contributed by atoms with Crippen LogP contribution in [-0.4, -0.2) is 159 Å². The van der Waals surface area contributed by atoms with E-state index < -0.39 is 44.1 Å². The van der Waals surface area contributed by atoms with Crippen molar-refractivity contribution in [2.45, 2.75) is 39.2 Å². The van der Waals surface area contributed by atoms with E-state index in [1.165, 1.54) is 13.8 Å². The highest BCUT2D eigenvalue weighted by molar-refractivity contribution is 8.13. The van der Waals surface area contributed by atoms with Gasteiger partial charge in [-0.2, -0.15) is 0 Å². The maximum absolute atomic E-state index is 13.5. The Morgan fingerprint density at radius 1 is 0.600 bits per heavy atom. The summed E-state index contributed by atoms with van der Waals surface area (Å²) >= 11 is 2.14. The van der Waals surface area contributed by atoms with Crippen LogP contribution < -0.4 is 5.32 Å². The number of carbonyl (C=O) groups excluding carboxylic acids is 5. The Kier molecular flexibility index (Phi) is 32.1. The van der Waals surface area contributed by atoms with E-state index in [1.807, 2.05) is 0 Å². The third-order valence-corrected chi connectivity index (χ3v) is 9.29. The van der Waals surface area contributed by atoms with Crippen LogP contribution in [0, 0.1) is 0 Å². The first-order chi connectivity index (χ1) is 24.0. The van der Waals surface area contributed by atoms with Crippen LogP contribution in [0.2, 0.25) is 0 Å². The van der Waals surface area contributed by atoms with Crippen molar-refractivity contribution in [1.82, 2.24) is 5.32 Å². The quantitative estimate of drug-likeness (QED) is 0.0562. The van der Waals surface area contributed by atoms with Crippen molar-refractivity contribution >= 4 is 59.2 Å². The number of amides is 1. The summed E-state index contributed by atoms with van der Waals surface area (Å²) in [6.07, 6.45) is -0.647. The summed E-state index contributed by atoms with van der Waals surface area (Å²) in [6, 6.07) is -1.49. The zero-order valence-corrected chi connectivity index (χ0v) is 32.0. The number of esters is 2. The molecule has 0 aromatic rings. The summed E-state index contributed by atoms with van der Waals surface area (Å²) in [5, 5.41) is 2.21. The topological polar surface area (TPSA) is 207 Å². The van der Waals surface area contributed by atoms with E-state index in [9.17, 15) is 28.5 Å². The zero-order valence-electron chi connectivity index (χ0n) is 29.5. The van der Waals surface area contributed by atoms with E-state index in [-0.39, 0.29) is 63.1 Å². The van der Waals surface area contributed by atoms with Gasteiger partial charge in [-0.3, -0.25) is 23.7 Å². The molecule has 1 atom stereocenters. The van der Waals surface area contributed by atoms with Gasteiger partial charge in [-0.1, -0.05) is 23.5 Å². The van der Waals surface area contributed by atoms with E-state index in [1.54, 1.807) is 14.2 Å². The standard InChI is InChI=1S/C30H54NO16PS2/c1-25(32)49-21-5-7-46-48(37,47-8-6-22-50-26(2)33)24-28(34)31-27(30(36)45-20-18-43-16-14-41-12-10-39-4)23-29(35)44-19-17-42-15-13-40-11-9-38-3/h27H,5-24H2,1-4H3,(H,31,34)/t27-/m0/s1. The molecule has 0 aliphatic carbocycles. The van der Waals surface area contributed by atoms with E-state index in [0.717, 1.165) is 23.5 Å². The van der Waals surface area contributed by atoms with Crippen molar-refractivity contribution in [1.29, 1.82) is 0 Å². The number of thioether (sulfide) groups is 2. The maximum atomic E-state index is 13.5. The van der Waals surface area contributed by atoms with Gasteiger partial charge in [0.25, 0.3) is 0 Å². The van der Waals surface area contributed by atoms with Gasteiger partial charge in [-0.25, -0.2) is 4.79 Å². The van der Waals surface area contributed by atoms with Crippen molar-refractivity contribution in [3.63, 3.8) is 0 Å². The first-order valence-corrected chi connectivity index (χ1v) is 19.8. The summed E-state index contributed by atoms with van der Waals surface area (Å²) in [6.45, 7) is 5.37. The fraction of sp³-hybridized carbons (Fsp3) is 0.833. The molecule has 0 radical (unpaired) electrons. The highest BCUT2D eigenvalue weighted by atomic mass is 32.2. The molecule has 292 valence electrons. The number of methoxy groups -OCH3 is 2. The monoisotopic (exact) mass is 779 g/mol. The molecule has 1 N–H and O–H groups in total. The smallest absolute Gasteiger partial charge is 0.340 e. The first-order valence-electron chi connectivity index (χ1n) is 16.1. The maximum Gasteiger partial charge on any atom is 0.340 e. The summed E-state index contributed by atoms with van der Waals surface area (Å²) in [7, 11) is -0.929. The van der Waals surface area contributed by atoms with E-state index in [0.29, 0.717) is 64.0 Å². The van der Waals surface area contributed by atoms with Gasteiger partial charge in [0.1, 0.15) is 25.4 Å². The van der Waals surface area contributed by atoms with Gasteiger partial charge < -0.3 is 52.3 Å². The van der Waals surface area contributed by atoms with Crippen molar-refractivity contribution in [2.75, 3.05) is 124 Å². The van der Waals surface area contributed by atoms with E-state index in [4.69, 9.17) is 46.9 Å². The number of ether oxygens (including phenoxy) is 8.